The summed E-state index contributed by atoms with van der Waals surface area (Å²) in [5.74, 6) is 0.517. The van der Waals surface area contributed by atoms with Crippen LogP contribution in [0.15, 0.2) is 24.3 Å². The molecule has 0 bridgehead atoms. The summed E-state index contributed by atoms with van der Waals surface area (Å²) in [7, 11) is 0. The molecule has 0 saturated carbocycles. The summed E-state index contributed by atoms with van der Waals surface area (Å²) >= 11 is 0. The molecule has 1 unspecified atom stereocenters. The van der Waals surface area contributed by atoms with E-state index in [1.807, 2.05) is 24.3 Å². The number of anilines is 1. The summed E-state index contributed by atoms with van der Waals surface area (Å²) < 4.78 is 0. The van der Waals surface area contributed by atoms with E-state index in [1.165, 1.54) is 0 Å². The lowest BCUT2D eigenvalue weighted by molar-refractivity contribution is -0.120. The van der Waals surface area contributed by atoms with Gasteiger partial charge in [0.15, 0.2) is 0 Å². The first-order valence-electron chi connectivity index (χ1n) is 6.40. The number of rotatable bonds is 4. The average molecular weight is 248 g/mol. The quantitative estimate of drug-likeness (QED) is 0.805. The molecule has 3 N–H and O–H groups in total. The highest BCUT2D eigenvalue weighted by molar-refractivity contribution is 5.78. The van der Waals surface area contributed by atoms with Crippen LogP contribution in [0.3, 0.4) is 0 Å². The van der Waals surface area contributed by atoms with Crippen molar-refractivity contribution in [1.82, 2.24) is 5.32 Å². The van der Waals surface area contributed by atoms with Crippen molar-refractivity contribution in [1.29, 1.82) is 0 Å². The Hall–Kier alpha value is -1.51. The van der Waals surface area contributed by atoms with Gasteiger partial charge in [-0.15, -0.1) is 0 Å². The van der Waals surface area contributed by atoms with Crippen LogP contribution in [0.4, 0.5) is 5.69 Å². The Labute approximate surface area is 110 Å². The van der Waals surface area contributed by atoms with Crippen LogP contribution in [0.25, 0.3) is 0 Å². The van der Waals surface area contributed by atoms with Crippen molar-refractivity contribution in [2.45, 2.75) is 34.1 Å². The van der Waals surface area contributed by atoms with E-state index >= 15 is 0 Å². The molecule has 0 saturated heterocycles. The minimum atomic E-state index is 0.0656. The van der Waals surface area contributed by atoms with Gasteiger partial charge in [0.05, 0.1) is 6.42 Å². The van der Waals surface area contributed by atoms with Gasteiger partial charge in [0, 0.05) is 12.2 Å². The predicted molar refractivity (Wildman–Crippen MR) is 76.2 cm³/mol. The number of carbonyl (C=O) groups excluding carboxylic acids is 1. The summed E-state index contributed by atoms with van der Waals surface area (Å²) in [6.07, 6.45) is 0.414. The molecule has 0 radical (unpaired) electrons. The molecule has 0 aromatic heterocycles. The second kappa shape index (κ2) is 5.89. The third-order valence-electron chi connectivity index (χ3n) is 3.43. The van der Waals surface area contributed by atoms with Crippen LogP contribution in [0, 0.1) is 11.3 Å². The highest BCUT2D eigenvalue weighted by atomic mass is 16.1. The van der Waals surface area contributed by atoms with Crippen molar-refractivity contribution < 1.29 is 4.79 Å². The van der Waals surface area contributed by atoms with E-state index in [-0.39, 0.29) is 11.3 Å². The van der Waals surface area contributed by atoms with Crippen molar-refractivity contribution >= 4 is 11.6 Å². The molecule has 1 atom stereocenters. The molecule has 100 valence electrons. The fourth-order valence-corrected chi connectivity index (χ4v) is 1.46. The molecule has 1 rings (SSSR count). The van der Waals surface area contributed by atoms with Crippen molar-refractivity contribution in [3.8, 4) is 0 Å². The Bertz CT molecular complexity index is 390. The molecule has 3 nitrogen and oxygen atoms in total. The number of hydrogen-bond acceptors (Lipinski definition) is 2. The van der Waals surface area contributed by atoms with Crippen molar-refractivity contribution in [3.05, 3.63) is 29.8 Å². The van der Waals surface area contributed by atoms with Crippen LogP contribution in [0.2, 0.25) is 0 Å². The van der Waals surface area contributed by atoms with Gasteiger partial charge < -0.3 is 11.1 Å². The zero-order chi connectivity index (χ0) is 13.8. The van der Waals surface area contributed by atoms with Gasteiger partial charge in [0.25, 0.3) is 0 Å². The van der Waals surface area contributed by atoms with E-state index in [0.717, 1.165) is 17.8 Å². The molecule has 1 aromatic carbocycles. The topological polar surface area (TPSA) is 55.1 Å². The molecule has 1 amide bonds. The summed E-state index contributed by atoms with van der Waals surface area (Å²) in [5.41, 5.74) is 7.53. The Morgan fingerprint density at radius 2 is 1.83 bits per heavy atom. The Morgan fingerprint density at radius 1 is 1.28 bits per heavy atom. The maximum absolute atomic E-state index is 11.8. The maximum atomic E-state index is 11.8. The van der Waals surface area contributed by atoms with Gasteiger partial charge in [-0.05, 0) is 29.0 Å². The number of amides is 1. The van der Waals surface area contributed by atoms with Crippen LogP contribution in [0.5, 0.6) is 0 Å². The summed E-state index contributed by atoms with van der Waals surface area (Å²) in [6.45, 7) is 9.43. The van der Waals surface area contributed by atoms with E-state index in [9.17, 15) is 4.79 Å². The van der Waals surface area contributed by atoms with E-state index in [0.29, 0.717) is 12.3 Å². The number of nitrogens with one attached hydrogen (secondary N) is 1. The van der Waals surface area contributed by atoms with E-state index < -0.39 is 0 Å². The first-order valence-corrected chi connectivity index (χ1v) is 6.40. The SMILES string of the molecule is CC(CNC(=O)Cc1ccc(N)cc1)C(C)(C)C. The fourth-order valence-electron chi connectivity index (χ4n) is 1.46. The molecule has 0 aliphatic heterocycles. The van der Waals surface area contributed by atoms with Crippen LogP contribution < -0.4 is 11.1 Å². The Kier molecular flexibility index (Phi) is 4.76. The van der Waals surface area contributed by atoms with Gasteiger partial charge in [-0.2, -0.15) is 0 Å². The highest BCUT2D eigenvalue weighted by Crippen LogP contribution is 2.24. The summed E-state index contributed by atoms with van der Waals surface area (Å²) in [6, 6.07) is 7.42. The normalized spacial score (nSPS) is 13.1. The fraction of sp³-hybridized carbons (Fsp3) is 0.533. The minimum absolute atomic E-state index is 0.0656. The molecule has 0 heterocycles. The van der Waals surface area contributed by atoms with Gasteiger partial charge in [-0.3, -0.25) is 4.79 Å². The van der Waals surface area contributed by atoms with Crippen LogP contribution in [-0.4, -0.2) is 12.5 Å². The molecule has 1 aromatic rings. The minimum Gasteiger partial charge on any atom is -0.399 e. The van der Waals surface area contributed by atoms with Crippen LogP contribution in [0.1, 0.15) is 33.3 Å². The van der Waals surface area contributed by atoms with Crippen LogP contribution >= 0.6 is 0 Å². The molecular weight excluding hydrogens is 224 g/mol. The van der Waals surface area contributed by atoms with Crippen molar-refractivity contribution in [2.24, 2.45) is 11.3 Å². The Morgan fingerprint density at radius 3 is 2.33 bits per heavy atom. The standard InChI is InChI=1S/C15H24N2O/c1-11(15(2,3)4)10-17-14(18)9-12-5-7-13(16)8-6-12/h5-8,11H,9-10,16H2,1-4H3,(H,17,18). The van der Waals surface area contributed by atoms with Gasteiger partial charge in [0.1, 0.15) is 0 Å². The number of carbonyl (C=O) groups is 1. The average Bonchev–Trinajstić information content (AvgIpc) is 2.28. The Balaban J connectivity index is 2.41. The van der Waals surface area contributed by atoms with Gasteiger partial charge in [-0.25, -0.2) is 0 Å². The van der Waals surface area contributed by atoms with Gasteiger partial charge in [0.2, 0.25) is 5.91 Å². The van der Waals surface area contributed by atoms with Gasteiger partial charge in [-0.1, -0.05) is 39.8 Å². The molecule has 18 heavy (non-hydrogen) atoms. The molecule has 0 aliphatic rings. The second-order valence-corrected chi connectivity index (χ2v) is 5.99. The molecular formula is C15H24N2O. The first kappa shape index (κ1) is 14.6. The molecule has 0 aliphatic carbocycles. The lowest BCUT2D eigenvalue weighted by atomic mass is 9.82. The van der Waals surface area contributed by atoms with E-state index in [4.69, 9.17) is 5.73 Å². The lowest BCUT2D eigenvalue weighted by Crippen LogP contribution is -2.34. The third kappa shape index (κ3) is 4.78. The van der Waals surface area contributed by atoms with Crippen molar-refractivity contribution in [3.63, 3.8) is 0 Å². The second-order valence-electron chi connectivity index (χ2n) is 5.99. The molecule has 3 heteroatoms. The maximum Gasteiger partial charge on any atom is 0.224 e. The predicted octanol–water partition coefficient (Wildman–Crippen LogP) is 2.61. The third-order valence-corrected chi connectivity index (χ3v) is 3.43. The summed E-state index contributed by atoms with van der Waals surface area (Å²) in [4.78, 5) is 11.8. The smallest absolute Gasteiger partial charge is 0.224 e. The lowest BCUT2D eigenvalue weighted by Gasteiger charge is -2.27. The number of benzene rings is 1. The van der Waals surface area contributed by atoms with Crippen LogP contribution in [-0.2, 0) is 11.2 Å². The van der Waals surface area contributed by atoms with E-state index in [2.05, 4.69) is 33.0 Å². The monoisotopic (exact) mass is 248 g/mol. The molecule has 0 fully saturated rings. The van der Waals surface area contributed by atoms with Crippen molar-refractivity contribution in [2.75, 3.05) is 12.3 Å². The summed E-state index contributed by atoms with van der Waals surface area (Å²) in [5, 5.41) is 2.98. The largest absolute Gasteiger partial charge is 0.399 e. The number of nitrogen functional groups attached to an aromatic ring is 1. The zero-order valence-electron chi connectivity index (χ0n) is 11.8. The molecule has 0 spiro atoms. The zero-order valence-corrected chi connectivity index (χ0v) is 11.8. The van der Waals surface area contributed by atoms with Gasteiger partial charge >= 0.3 is 0 Å². The van der Waals surface area contributed by atoms with E-state index in [1.54, 1.807) is 0 Å². The highest BCUT2D eigenvalue weighted by Gasteiger charge is 2.20. The first-order chi connectivity index (χ1) is 8.29. The number of hydrogen-bond donors (Lipinski definition) is 2. The number of nitrogens with two attached hydrogens (primary N) is 1.